The van der Waals surface area contributed by atoms with Crippen LogP contribution in [-0.2, 0) is 16.7 Å². The van der Waals surface area contributed by atoms with Crippen molar-refractivity contribution in [2.45, 2.75) is 66.0 Å². The average molecular weight is 574 g/mol. The minimum atomic E-state index is -0.950. The van der Waals surface area contributed by atoms with E-state index >= 15 is 0 Å². The van der Waals surface area contributed by atoms with Gasteiger partial charge in [0.15, 0.2) is 0 Å². The predicted molar refractivity (Wildman–Crippen MR) is 174 cm³/mol. The van der Waals surface area contributed by atoms with E-state index in [9.17, 15) is 14.7 Å². The van der Waals surface area contributed by atoms with Gasteiger partial charge in [0, 0.05) is 23.0 Å². The first-order chi connectivity index (χ1) is 20.2. The van der Waals surface area contributed by atoms with Gasteiger partial charge in [-0.3, -0.25) is 0 Å². The Labute approximate surface area is 253 Å². The lowest BCUT2D eigenvalue weighted by Gasteiger charge is -2.22. The smallest absolute Gasteiger partial charge is 0.356 e. The molecule has 0 radical (unpaired) electrons. The number of hydrogen-bond donors (Lipinski definition) is 1. The van der Waals surface area contributed by atoms with Crippen LogP contribution in [0.25, 0.3) is 33.2 Å². The molecule has 4 aromatic carbocycles. The number of carbonyl (C=O) groups excluding carboxylic acids is 1. The van der Waals surface area contributed by atoms with Gasteiger partial charge in [-0.1, -0.05) is 87.5 Å². The first-order valence-electron chi connectivity index (χ1n) is 14.6. The van der Waals surface area contributed by atoms with Crippen molar-refractivity contribution in [2.75, 3.05) is 0 Å². The highest BCUT2D eigenvalue weighted by atomic mass is 16.6. The maximum absolute atomic E-state index is 14.0. The first-order valence-corrected chi connectivity index (χ1v) is 14.6. The van der Waals surface area contributed by atoms with Crippen LogP contribution in [0.2, 0.25) is 0 Å². The molecular formula is C38H39NO4. The van der Waals surface area contributed by atoms with E-state index in [1.54, 1.807) is 12.1 Å². The number of rotatable bonds is 6. The summed E-state index contributed by atoms with van der Waals surface area (Å²) in [5.74, 6) is -1.31. The summed E-state index contributed by atoms with van der Waals surface area (Å²) in [4.78, 5) is 25.4. The number of esters is 1. The van der Waals surface area contributed by atoms with Crippen LogP contribution in [0.3, 0.4) is 0 Å². The number of carboxylic acid groups (broad SMARTS) is 1. The maximum atomic E-state index is 14.0. The van der Waals surface area contributed by atoms with Crippen molar-refractivity contribution >= 4 is 22.8 Å². The Bertz CT molecular complexity index is 1810. The third-order valence-electron chi connectivity index (χ3n) is 7.75. The van der Waals surface area contributed by atoms with Gasteiger partial charge in [-0.25, -0.2) is 9.59 Å². The van der Waals surface area contributed by atoms with Crippen LogP contribution in [0.1, 0.15) is 79.1 Å². The summed E-state index contributed by atoms with van der Waals surface area (Å²) in [6, 6.07) is 29.7. The zero-order valence-electron chi connectivity index (χ0n) is 26.0. The summed E-state index contributed by atoms with van der Waals surface area (Å²) in [6.45, 7) is 14.8. The van der Waals surface area contributed by atoms with E-state index in [1.807, 2.05) is 51.1 Å². The van der Waals surface area contributed by atoms with Crippen LogP contribution in [0.15, 0.2) is 91.0 Å². The summed E-state index contributed by atoms with van der Waals surface area (Å²) in [5.41, 5.74) is 8.18. The fraction of sp³-hybridized carbons (Fsp3) is 0.263. The molecule has 0 unspecified atom stereocenters. The number of para-hydroxylation sites is 1. The lowest BCUT2D eigenvalue weighted by molar-refractivity contribution is 0.00594. The van der Waals surface area contributed by atoms with Gasteiger partial charge in [0.2, 0.25) is 0 Å². The first kappa shape index (κ1) is 29.8. The lowest BCUT2D eigenvalue weighted by Crippen LogP contribution is -2.26. The van der Waals surface area contributed by atoms with E-state index in [1.165, 1.54) is 5.56 Å². The van der Waals surface area contributed by atoms with Crippen molar-refractivity contribution < 1.29 is 19.4 Å². The van der Waals surface area contributed by atoms with Gasteiger partial charge in [-0.15, -0.1) is 0 Å². The van der Waals surface area contributed by atoms with Crippen molar-refractivity contribution in [2.24, 2.45) is 0 Å². The fourth-order valence-corrected chi connectivity index (χ4v) is 5.43. The summed E-state index contributed by atoms with van der Waals surface area (Å²) < 4.78 is 8.10. The summed E-state index contributed by atoms with van der Waals surface area (Å²) in [5, 5.41) is 10.3. The fourth-order valence-electron chi connectivity index (χ4n) is 5.43. The summed E-state index contributed by atoms with van der Waals surface area (Å²) in [6.07, 6.45) is 0. The van der Waals surface area contributed by atoms with Crippen LogP contribution in [0.4, 0.5) is 0 Å². The van der Waals surface area contributed by atoms with E-state index in [2.05, 4.69) is 80.8 Å². The molecule has 1 aromatic heterocycles. The normalized spacial score (nSPS) is 12.0. The number of hydrogen-bond acceptors (Lipinski definition) is 3. The minimum Gasteiger partial charge on any atom is -0.478 e. The molecular weight excluding hydrogens is 534 g/mol. The van der Waals surface area contributed by atoms with E-state index in [-0.39, 0.29) is 16.9 Å². The number of ether oxygens (including phenoxy) is 1. The number of benzene rings is 4. The van der Waals surface area contributed by atoms with Gasteiger partial charge < -0.3 is 14.4 Å². The SMILES string of the molecule is Cc1ccc(-c2ccc(C(=O)O)cc2)cc1Cn1c(C(=O)OC(C)(C)C)c(-c2ccc(C(C)(C)C)cc2)c2ccccc21. The Morgan fingerprint density at radius 2 is 1.37 bits per heavy atom. The molecule has 5 nitrogen and oxygen atoms in total. The molecule has 0 saturated carbocycles. The van der Waals surface area contributed by atoms with Gasteiger partial charge >= 0.3 is 11.9 Å². The molecule has 0 spiro atoms. The number of aromatic carboxylic acids is 1. The highest BCUT2D eigenvalue weighted by molar-refractivity contribution is 6.09. The minimum absolute atomic E-state index is 0.0109. The van der Waals surface area contributed by atoms with Crippen molar-refractivity contribution in [3.05, 3.63) is 119 Å². The van der Waals surface area contributed by atoms with Gasteiger partial charge in [0.05, 0.1) is 5.56 Å². The molecule has 0 amide bonds. The number of aryl methyl sites for hydroxylation is 1. The lowest BCUT2D eigenvalue weighted by atomic mass is 9.86. The molecule has 220 valence electrons. The predicted octanol–water partition coefficient (Wildman–Crippen LogP) is 9.28. The molecule has 0 aliphatic rings. The third-order valence-corrected chi connectivity index (χ3v) is 7.75. The molecule has 5 rings (SSSR count). The standard InChI is InChI=1S/C38H39NO4/c1-24-12-13-28(25-14-16-27(17-15-25)35(40)41)22-29(24)23-39-32-11-9-8-10-31(32)33(34(39)36(42)43-38(5,6)7)26-18-20-30(21-19-26)37(2,3)4/h8-22H,23H2,1-7H3,(H,40,41). The second-order valence-electron chi connectivity index (χ2n) is 13.2. The molecule has 0 bridgehead atoms. The highest BCUT2D eigenvalue weighted by Gasteiger charge is 2.28. The van der Waals surface area contributed by atoms with Crippen molar-refractivity contribution in [1.29, 1.82) is 0 Å². The van der Waals surface area contributed by atoms with Gasteiger partial charge in [0.1, 0.15) is 11.3 Å². The molecule has 0 aliphatic heterocycles. The number of carbonyl (C=O) groups is 2. The zero-order valence-corrected chi connectivity index (χ0v) is 26.0. The van der Waals surface area contributed by atoms with Gasteiger partial charge in [0.25, 0.3) is 0 Å². The van der Waals surface area contributed by atoms with E-state index in [0.29, 0.717) is 12.2 Å². The Morgan fingerprint density at radius 3 is 1.98 bits per heavy atom. The Kier molecular flexibility index (Phi) is 7.78. The molecule has 0 aliphatic carbocycles. The molecule has 43 heavy (non-hydrogen) atoms. The number of fused-ring (bicyclic) bond motifs is 1. The summed E-state index contributed by atoms with van der Waals surface area (Å²) in [7, 11) is 0. The largest absolute Gasteiger partial charge is 0.478 e. The molecule has 0 fully saturated rings. The second-order valence-corrected chi connectivity index (χ2v) is 13.2. The molecule has 5 heteroatoms. The van der Waals surface area contributed by atoms with Crippen LogP contribution in [0, 0.1) is 6.92 Å². The average Bonchev–Trinajstić information content (AvgIpc) is 3.27. The molecule has 1 heterocycles. The number of nitrogens with zero attached hydrogens (tertiary/aromatic N) is 1. The second kappa shape index (κ2) is 11.2. The van der Waals surface area contributed by atoms with Crippen LogP contribution >= 0.6 is 0 Å². The van der Waals surface area contributed by atoms with E-state index in [4.69, 9.17) is 4.74 Å². The Hall–Kier alpha value is -4.64. The number of carboxylic acids is 1. The number of aromatic nitrogens is 1. The topological polar surface area (TPSA) is 68.5 Å². The van der Waals surface area contributed by atoms with E-state index in [0.717, 1.165) is 44.3 Å². The highest BCUT2D eigenvalue weighted by Crippen LogP contribution is 2.38. The third kappa shape index (κ3) is 6.26. The molecule has 0 atom stereocenters. The quantitative estimate of drug-likeness (QED) is 0.206. The van der Waals surface area contributed by atoms with E-state index < -0.39 is 11.6 Å². The van der Waals surface area contributed by atoms with Crippen molar-refractivity contribution in [3.63, 3.8) is 0 Å². The summed E-state index contributed by atoms with van der Waals surface area (Å²) >= 11 is 0. The van der Waals surface area contributed by atoms with Crippen LogP contribution < -0.4 is 0 Å². The molecule has 1 N–H and O–H groups in total. The monoisotopic (exact) mass is 573 g/mol. The van der Waals surface area contributed by atoms with Crippen molar-refractivity contribution in [3.8, 4) is 22.3 Å². The van der Waals surface area contributed by atoms with Gasteiger partial charge in [-0.2, -0.15) is 0 Å². The van der Waals surface area contributed by atoms with Gasteiger partial charge in [-0.05, 0) is 90.8 Å². The molecule has 0 saturated heterocycles. The Balaban J connectivity index is 1.68. The maximum Gasteiger partial charge on any atom is 0.356 e. The Morgan fingerprint density at radius 1 is 0.767 bits per heavy atom. The molecule has 5 aromatic rings. The zero-order chi connectivity index (χ0) is 31.1. The van der Waals surface area contributed by atoms with Crippen LogP contribution in [0.5, 0.6) is 0 Å². The van der Waals surface area contributed by atoms with Crippen molar-refractivity contribution in [1.82, 2.24) is 4.57 Å². The van der Waals surface area contributed by atoms with Crippen LogP contribution in [-0.4, -0.2) is 27.2 Å².